The van der Waals surface area contributed by atoms with Crippen LogP contribution >= 0.6 is 11.6 Å². The molecule has 0 aliphatic rings. The number of carbonyl (C=O) groups excluding carboxylic acids is 3. The Kier molecular flexibility index (Phi) is 6.88. The number of nitrogens with two attached hydrogens (primary N) is 1. The van der Waals surface area contributed by atoms with E-state index in [9.17, 15) is 24.5 Å². The third-order valence-electron chi connectivity index (χ3n) is 3.59. The van der Waals surface area contributed by atoms with E-state index < -0.39 is 22.6 Å². The summed E-state index contributed by atoms with van der Waals surface area (Å²) in [4.78, 5) is 45.2. The van der Waals surface area contributed by atoms with Crippen LogP contribution in [-0.2, 0) is 4.79 Å². The first kappa shape index (κ1) is 21.4. The molecule has 0 spiro atoms. The molecule has 0 fully saturated rings. The fraction of sp³-hybridized carbons (Fsp3) is 0.0556. The third kappa shape index (κ3) is 6.04. The smallest absolute Gasteiger partial charge is 0.271 e. The maximum Gasteiger partial charge on any atom is 0.271 e. The quantitative estimate of drug-likeness (QED) is 0.380. The number of halogens is 1. The molecule has 0 aliphatic heterocycles. The van der Waals surface area contributed by atoms with Crippen molar-refractivity contribution in [2.45, 2.75) is 6.42 Å². The monoisotopic (exact) mass is 417 g/mol. The molecule has 10 nitrogen and oxygen atoms in total. The minimum Gasteiger partial charge on any atom is -0.366 e. The van der Waals surface area contributed by atoms with Crippen LogP contribution in [0.3, 0.4) is 0 Å². The van der Waals surface area contributed by atoms with E-state index in [1.807, 2.05) is 0 Å². The minimum absolute atomic E-state index is 0.0107. The summed E-state index contributed by atoms with van der Waals surface area (Å²) in [6.45, 7) is 3.63. The fourth-order valence-corrected chi connectivity index (χ4v) is 2.44. The van der Waals surface area contributed by atoms with Gasteiger partial charge < -0.3 is 16.5 Å². The minimum atomic E-state index is -0.659. The van der Waals surface area contributed by atoms with Gasteiger partial charge in [0.2, 0.25) is 11.8 Å². The van der Waals surface area contributed by atoms with E-state index in [4.69, 9.17) is 17.3 Å². The third-order valence-corrected chi connectivity index (χ3v) is 3.90. The number of hydrogen-bond acceptors (Lipinski definition) is 6. The van der Waals surface area contributed by atoms with Crippen LogP contribution in [0, 0.1) is 10.1 Å². The summed E-state index contributed by atoms with van der Waals surface area (Å²) < 4.78 is 0. The molecule has 0 aliphatic carbocycles. The van der Waals surface area contributed by atoms with Gasteiger partial charge in [0, 0.05) is 29.1 Å². The van der Waals surface area contributed by atoms with E-state index in [2.05, 4.69) is 22.7 Å². The Morgan fingerprint density at radius 1 is 1.10 bits per heavy atom. The zero-order valence-electron chi connectivity index (χ0n) is 14.9. The first-order valence-corrected chi connectivity index (χ1v) is 8.43. The fourth-order valence-electron chi connectivity index (χ4n) is 2.18. The highest BCUT2D eigenvalue weighted by Crippen LogP contribution is 2.22. The van der Waals surface area contributed by atoms with Crippen molar-refractivity contribution >= 4 is 40.7 Å². The Labute approximate surface area is 169 Å². The van der Waals surface area contributed by atoms with E-state index in [-0.39, 0.29) is 28.4 Å². The van der Waals surface area contributed by atoms with E-state index in [0.29, 0.717) is 11.3 Å². The molecule has 0 aromatic heterocycles. The van der Waals surface area contributed by atoms with E-state index in [0.717, 1.165) is 12.1 Å². The number of nitrogens with zero attached hydrogens (tertiary/aromatic N) is 1. The molecule has 2 aromatic carbocycles. The van der Waals surface area contributed by atoms with Crippen LogP contribution in [0.4, 0.5) is 11.4 Å². The number of anilines is 1. The molecule has 0 atom stereocenters. The van der Waals surface area contributed by atoms with Crippen LogP contribution < -0.4 is 21.9 Å². The van der Waals surface area contributed by atoms with Gasteiger partial charge in [0.05, 0.1) is 21.9 Å². The van der Waals surface area contributed by atoms with Crippen molar-refractivity contribution in [3.8, 4) is 0 Å². The average Bonchev–Trinajstić information content (AvgIpc) is 2.66. The summed E-state index contributed by atoms with van der Waals surface area (Å²) in [6, 6.07) is 9.40. The van der Waals surface area contributed by atoms with Crippen LogP contribution in [0.5, 0.6) is 0 Å². The highest BCUT2D eigenvalue weighted by Gasteiger charge is 2.15. The molecular formula is C18H16ClN5O5. The van der Waals surface area contributed by atoms with Gasteiger partial charge in [-0.15, -0.1) is 0 Å². The number of nitro benzene ring substituents is 1. The number of benzene rings is 2. The molecule has 0 saturated heterocycles. The Hall–Kier alpha value is -3.92. The van der Waals surface area contributed by atoms with Gasteiger partial charge in [0.15, 0.2) is 0 Å². The lowest BCUT2D eigenvalue weighted by Crippen LogP contribution is -2.37. The summed E-state index contributed by atoms with van der Waals surface area (Å²) in [5, 5.41) is 13.2. The number of non-ortho nitro benzene ring substituents is 1. The van der Waals surface area contributed by atoms with Crippen LogP contribution in [0.25, 0.3) is 0 Å². The standard InChI is InChI=1S/C18H16ClN5O5/c1-10(8-16(25)21-12-4-2-11(3-5-12)17(20)26)22-23-18(27)14-7-6-13(24(28)29)9-15(14)19/h2-7,9,22H,1,8H2,(H2,20,26)(H,21,25)(H,23,27). The molecule has 0 unspecified atom stereocenters. The lowest BCUT2D eigenvalue weighted by molar-refractivity contribution is -0.384. The second kappa shape index (κ2) is 9.33. The molecule has 0 bridgehead atoms. The maximum atomic E-state index is 12.1. The average molecular weight is 418 g/mol. The Morgan fingerprint density at radius 3 is 2.31 bits per heavy atom. The zero-order valence-corrected chi connectivity index (χ0v) is 15.7. The number of carbonyl (C=O) groups is 3. The van der Waals surface area contributed by atoms with Gasteiger partial charge in [-0.3, -0.25) is 29.9 Å². The summed E-state index contributed by atoms with van der Waals surface area (Å²) in [6.07, 6.45) is -0.161. The van der Waals surface area contributed by atoms with Crippen molar-refractivity contribution in [1.29, 1.82) is 0 Å². The second-order valence-corrected chi connectivity index (χ2v) is 6.18. The topological polar surface area (TPSA) is 156 Å². The first-order chi connectivity index (χ1) is 13.7. The van der Waals surface area contributed by atoms with Crippen LogP contribution in [-0.4, -0.2) is 22.6 Å². The molecule has 2 aromatic rings. The summed E-state index contributed by atoms with van der Waals surface area (Å²) in [7, 11) is 0. The highest BCUT2D eigenvalue weighted by atomic mass is 35.5. The molecule has 11 heteroatoms. The van der Waals surface area contributed by atoms with Crippen molar-refractivity contribution in [2.24, 2.45) is 5.73 Å². The summed E-state index contributed by atoms with van der Waals surface area (Å²) in [5.41, 5.74) is 10.6. The van der Waals surface area contributed by atoms with Crippen LogP contribution in [0.1, 0.15) is 27.1 Å². The van der Waals surface area contributed by atoms with Crippen molar-refractivity contribution in [3.63, 3.8) is 0 Å². The molecule has 0 saturated carbocycles. The SMILES string of the molecule is C=C(CC(=O)Nc1ccc(C(N)=O)cc1)NNC(=O)c1ccc([N+](=O)[O-])cc1Cl. The number of nitrogens with one attached hydrogen (secondary N) is 3. The number of hydrogen-bond donors (Lipinski definition) is 4. The van der Waals surface area contributed by atoms with Gasteiger partial charge in [-0.1, -0.05) is 18.2 Å². The van der Waals surface area contributed by atoms with Crippen LogP contribution in [0.2, 0.25) is 5.02 Å². The molecule has 5 N–H and O–H groups in total. The number of amides is 3. The Balaban J connectivity index is 1.85. The van der Waals surface area contributed by atoms with Crippen LogP contribution in [0.15, 0.2) is 54.7 Å². The summed E-state index contributed by atoms with van der Waals surface area (Å²) >= 11 is 5.88. The van der Waals surface area contributed by atoms with Gasteiger partial charge in [0.1, 0.15) is 0 Å². The largest absolute Gasteiger partial charge is 0.366 e. The van der Waals surface area contributed by atoms with E-state index >= 15 is 0 Å². The van der Waals surface area contributed by atoms with Crippen molar-refractivity contribution in [1.82, 2.24) is 10.9 Å². The Morgan fingerprint density at radius 2 is 1.76 bits per heavy atom. The summed E-state index contributed by atoms with van der Waals surface area (Å²) in [5.74, 6) is -1.66. The molecule has 3 amide bonds. The van der Waals surface area contributed by atoms with Gasteiger partial charge in [0.25, 0.3) is 11.6 Å². The normalized spacial score (nSPS) is 9.97. The van der Waals surface area contributed by atoms with Gasteiger partial charge in [-0.05, 0) is 30.3 Å². The highest BCUT2D eigenvalue weighted by molar-refractivity contribution is 6.34. The molecule has 0 radical (unpaired) electrons. The van der Waals surface area contributed by atoms with Crippen molar-refractivity contribution in [2.75, 3.05) is 5.32 Å². The molecule has 0 heterocycles. The number of nitro groups is 1. The van der Waals surface area contributed by atoms with Gasteiger partial charge >= 0.3 is 0 Å². The number of primary amides is 1. The molecule has 29 heavy (non-hydrogen) atoms. The van der Waals surface area contributed by atoms with Crippen molar-refractivity contribution in [3.05, 3.63) is 81.0 Å². The lowest BCUT2D eigenvalue weighted by atomic mass is 10.2. The van der Waals surface area contributed by atoms with E-state index in [1.165, 1.54) is 30.3 Å². The van der Waals surface area contributed by atoms with Gasteiger partial charge in [-0.2, -0.15) is 0 Å². The number of rotatable bonds is 8. The molecular weight excluding hydrogens is 402 g/mol. The van der Waals surface area contributed by atoms with E-state index in [1.54, 1.807) is 0 Å². The second-order valence-electron chi connectivity index (χ2n) is 5.77. The van der Waals surface area contributed by atoms with Crippen molar-refractivity contribution < 1.29 is 19.3 Å². The maximum absolute atomic E-state index is 12.1. The van der Waals surface area contributed by atoms with Gasteiger partial charge in [-0.25, -0.2) is 0 Å². The number of hydrazine groups is 1. The lowest BCUT2D eigenvalue weighted by Gasteiger charge is -2.12. The molecule has 2 rings (SSSR count). The zero-order chi connectivity index (χ0) is 21.6. The molecule has 150 valence electrons. The predicted octanol–water partition coefficient (Wildman–Crippen LogP) is 2.12. The first-order valence-electron chi connectivity index (χ1n) is 8.05. The Bertz CT molecular complexity index is 991. The predicted molar refractivity (Wildman–Crippen MR) is 106 cm³/mol.